The number of amides is 2. The zero-order valence-corrected chi connectivity index (χ0v) is 14.8. The summed E-state index contributed by atoms with van der Waals surface area (Å²) in [4.78, 5) is 31.6. The molecule has 2 rings (SSSR count). The number of carbonyl (C=O) groups is 2. The molecule has 2 heterocycles. The molecular weight excluding hydrogens is 304 g/mol. The fourth-order valence-corrected chi connectivity index (χ4v) is 3.13. The van der Waals surface area contributed by atoms with Gasteiger partial charge in [0.05, 0.1) is 5.69 Å². The summed E-state index contributed by atoms with van der Waals surface area (Å²) in [5.41, 5.74) is 1.28. The number of nitrogens with one attached hydrogen (secondary N) is 1. The van der Waals surface area contributed by atoms with Gasteiger partial charge < -0.3 is 14.8 Å². The number of imidazole rings is 1. The number of carbonyl (C=O) groups excluding carboxylic acids is 2. The number of hydrogen-bond donors (Lipinski definition) is 1. The van der Waals surface area contributed by atoms with Crippen molar-refractivity contribution in [3.05, 3.63) is 29.9 Å². The van der Waals surface area contributed by atoms with E-state index in [1.807, 2.05) is 9.47 Å². The zero-order chi connectivity index (χ0) is 17.5. The Morgan fingerprint density at radius 1 is 1.29 bits per heavy atom. The minimum Gasteiger partial charge on any atom is -0.347 e. The predicted octanol–water partition coefficient (Wildman–Crippen LogP) is 2.40. The summed E-state index contributed by atoms with van der Waals surface area (Å²) in [6.07, 6.45) is 6.28. The Balaban J connectivity index is 2.35. The molecular formula is C18H28N4O2. The van der Waals surface area contributed by atoms with Gasteiger partial charge in [0, 0.05) is 26.2 Å². The average Bonchev–Trinajstić information content (AvgIpc) is 2.98. The smallest absolute Gasteiger partial charge is 0.289 e. The third-order valence-electron chi connectivity index (χ3n) is 4.21. The number of rotatable bonds is 8. The molecule has 0 saturated heterocycles. The van der Waals surface area contributed by atoms with Crippen LogP contribution in [0.5, 0.6) is 0 Å². The molecule has 132 valence electrons. The molecule has 0 aromatic carbocycles. The molecule has 6 nitrogen and oxygen atoms in total. The van der Waals surface area contributed by atoms with Crippen molar-refractivity contribution >= 4 is 11.8 Å². The molecule has 1 aromatic rings. The van der Waals surface area contributed by atoms with Crippen LogP contribution in [0.1, 0.15) is 66.3 Å². The Morgan fingerprint density at radius 2 is 2.00 bits per heavy atom. The highest BCUT2D eigenvalue weighted by atomic mass is 16.2. The monoisotopic (exact) mass is 332 g/mol. The molecule has 1 aliphatic heterocycles. The quantitative estimate of drug-likeness (QED) is 0.743. The lowest BCUT2D eigenvalue weighted by atomic mass is 10.1. The van der Waals surface area contributed by atoms with Crippen LogP contribution >= 0.6 is 0 Å². The van der Waals surface area contributed by atoms with E-state index in [2.05, 4.69) is 30.7 Å². The Kier molecular flexibility index (Phi) is 6.58. The summed E-state index contributed by atoms with van der Waals surface area (Å²) < 4.78 is 1.95. The van der Waals surface area contributed by atoms with Gasteiger partial charge in [-0.2, -0.15) is 0 Å². The van der Waals surface area contributed by atoms with E-state index < -0.39 is 0 Å². The fraction of sp³-hybridized carbons (Fsp3) is 0.611. The minimum absolute atomic E-state index is 0.0652. The summed E-state index contributed by atoms with van der Waals surface area (Å²) in [5.74, 6) is 0.122. The van der Waals surface area contributed by atoms with E-state index in [0.29, 0.717) is 31.2 Å². The molecule has 0 spiro atoms. The summed E-state index contributed by atoms with van der Waals surface area (Å²) >= 11 is 0. The molecule has 1 aromatic heterocycles. The van der Waals surface area contributed by atoms with E-state index in [0.717, 1.165) is 44.3 Å². The highest BCUT2D eigenvalue weighted by Crippen LogP contribution is 2.22. The predicted molar refractivity (Wildman–Crippen MR) is 94.2 cm³/mol. The largest absolute Gasteiger partial charge is 0.347 e. The molecule has 0 bridgehead atoms. The number of hydrogen-bond acceptors (Lipinski definition) is 3. The van der Waals surface area contributed by atoms with E-state index >= 15 is 0 Å². The molecule has 0 fully saturated rings. The molecule has 1 N–H and O–H groups in total. The molecule has 0 aliphatic carbocycles. The molecule has 0 unspecified atom stereocenters. The van der Waals surface area contributed by atoms with Crippen molar-refractivity contribution in [3.8, 4) is 0 Å². The molecule has 0 saturated carbocycles. The highest BCUT2D eigenvalue weighted by molar-refractivity contribution is 5.97. The van der Waals surface area contributed by atoms with E-state index in [1.165, 1.54) is 0 Å². The first-order chi connectivity index (χ1) is 11.6. The lowest BCUT2D eigenvalue weighted by Gasteiger charge is -2.23. The molecule has 1 aliphatic rings. The summed E-state index contributed by atoms with van der Waals surface area (Å²) in [6.45, 7) is 10.3. The second-order valence-electron chi connectivity index (χ2n) is 6.13. The van der Waals surface area contributed by atoms with E-state index in [1.54, 1.807) is 6.08 Å². The Morgan fingerprint density at radius 3 is 2.62 bits per heavy atom. The van der Waals surface area contributed by atoms with Gasteiger partial charge in [-0.25, -0.2) is 4.98 Å². The first kappa shape index (κ1) is 18.2. The van der Waals surface area contributed by atoms with Crippen LogP contribution in [-0.4, -0.2) is 45.9 Å². The first-order valence-electron chi connectivity index (χ1n) is 8.91. The summed E-state index contributed by atoms with van der Waals surface area (Å²) in [5, 5.41) is 2.77. The van der Waals surface area contributed by atoms with Crippen molar-refractivity contribution in [2.24, 2.45) is 0 Å². The maximum atomic E-state index is 12.9. The van der Waals surface area contributed by atoms with E-state index in [-0.39, 0.29) is 11.8 Å². The van der Waals surface area contributed by atoms with Gasteiger partial charge in [0.2, 0.25) is 0 Å². The molecule has 6 heteroatoms. The van der Waals surface area contributed by atoms with Gasteiger partial charge >= 0.3 is 0 Å². The first-order valence-corrected chi connectivity index (χ1v) is 8.91. The van der Waals surface area contributed by atoms with Gasteiger partial charge in [0.25, 0.3) is 11.8 Å². The van der Waals surface area contributed by atoms with Crippen LogP contribution in [0.2, 0.25) is 0 Å². The molecule has 0 radical (unpaired) electrons. The molecule has 2 amide bonds. The van der Waals surface area contributed by atoms with Crippen molar-refractivity contribution in [1.82, 2.24) is 19.8 Å². The van der Waals surface area contributed by atoms with Crippen molar-refractivity contribution < 1.29 is 9.59 Å². The SMILES string of the molecule is C=CCNC(=O)c1nc(C(=O)N(CCC)CCC)n2c1CCCC2. The number of nitrogens with zero attached hydrogens (tertiary/aromatic N) is 3. The Labute approximate surface area is 143 Å². The van der Waals surface area contributed by atoms with Crippen LogP contribution in [0.3, 0.4) is 0 Å². The van der Waals surface area contributed by atoms with Crippen LogP contribution in [0, 0.1) is 0 Å². The van der Waals surface area contributed by atoms with Crippen molar-refractivity contribution in [2.45, 2.75) is 52.5 Å². The lowest BCUT2D eigenvalue weighted by molar-refractivity contribution is 0.0737. The maximum absolute atomic E-state index is 12.9. The fourth-order valence-electron chi connectivity index (χ4n) is 3.13. The number of aromatic nitrogens is 2. The van der Waals surface area contributed by atoms with Crippen LogP contribution in [0.25, 0.3) is 0 Å². The van der Waals surface area contributed by atoms with Crippen LogP contribution in [-0.2, 0) is 13.0 Å². The van der Waals surface area contributed by atoms with Crippen LogP contribution in [0.4, 0.5) is 0 Å². The third-order valence-corrected chi connectivity index (χ3v) is 4.21. The standard InChI is InChI=1S/C18H28N4O2/c1-4-10-19-17(23)15-14-9-7-8-13-22(14)16(20-15)18(24)21(11-5-2)12-6-3/h4H,1,5-13H2,2-3H3,(H,19,23). The third kappa shape index (κ3) is 3.86. The minimum atomic E-state index is -0.225. The van der Waals surface area contributed by atoms with E-state index in [9.17, 15) is 9.59 Å². The van der Waals surface area contributed by atoms with Gasteiger partial charge in [-0.15, -0.1) is 6.58 Å². The van der Waals surface area contributed by atoms with Gasteiger partial charge in [0.15, 0.2) is 5.82 Å². The molecule has 24 heavy (non-hydrogen) atoms. The van der Waals surface area contributed by atoms with Crippen molar-refractivity contribution in [3.63, 3.8) is 0 Å². The summed E-state index contributed by atoms with van der Waals surface area (Å²) in [6, 6.07) is 0. The van der Waals surface area contributed by atoms with Gasteiger partial charge in [-0.1, -0.05) is 19.9 Å². The second-order valence-corrected chi connectivity index (χ2v) is 6.13. The lowest BCUT2D eigenvalue weighted by Crippen LogP contribution is -2.35. The van der Waals surface area contributed by atoms with Gasteiger partial charge in [0.1, 0.15) is 5.69 Å². The normalized spacial score (nSPS) is 13.2. The van der Waals surface area contributed by atoms with Crippen molar-refractivity contribution in [1.29, 1.82) is 0 Å². The van der Waals surface area contributed by atoms with Crippen molar-refractivity contribution in [2.75, 3.05) is 19.6 Å². The summed E-state index contributed by atoms with van der Waals surface area (Å²) in [7, 11) is 0. The van der Waals surface area contributed by atoms with Gasteiger partial charge in [-0.05, 0) is 32.1 Å². The second kappa shape index (κ2) is 8.66. The average molecular weight is 332 g/mol. The molecule has 0 atom stereocenters. The Bertz CT molecular complexity index is 600. The zero-order valence-electron chi connectivity index (χ0n) is 14.8. The topological polar surface area (TPSA) is 67.2 Å². The van der Waals surface area contributed by atoms with Gasteiger partial charge in [-0.3, -0.25) is 9.59 Å². The van der Waals surface area contributed by atoms with Crippen LogP contribution < -0.4 is 5.32 Å². The highest BCUT2D eigenvalue weighted by Gasteiger charge is 2.29. The Hall–Kier alpha value is -2.11. The van der Waals surface area contributed by atoms with Crippen LogP contribution in [0.15, 0.2) is 12.7 Å². The van der Waals surface area contributed by atoms with E-state index in [4.69, 9.17) is 0 Å². The number of fused-ring (bicyclic) bond motifs is 1. The maximum Gasteiger partial charge on any atom is 0.289 e.